The topological polar surface area (TPSA) is 92.2 Å². The van der Waals surface area contributed by atoms with Crippen LogP contribution in [-0.4, -0.2) is 27.2 Å². The lowest BCUT2D eigenvalue weighted by atomic mass is 9.86. The summed E-state index contributed by atoms with van der Waals surface area (Å²) in [5.41, 5.74) is 0. The van der Waals surface area contributed by atoms with Crippen molar-refractivity contribution in [2.75, 3.05) is 5.32 Å². The van der Waals surface area contributed by atoms with E-state index in [-0.39, 0.29) is 12.3 Å². The number of nitrogens with zero attached hydrogens (tertiary/aromatic N) is 2. The van der Waals surface area contributed by atoms with Gasteiger partial charge in [0, 0.05) is 12.8 Å². The number of hydrogen-bond donors (Lipinski definition) is 2. The lowest BCUT2D eigenvalue weighted by Crippen LogP contribution is -2.14. The SMILES string of the molecule is O=C(O)CCc1nnc(NC(=O)CCC2CCCCC2)s1. The van der Waals surface area contributed by atoms with Gasteiger partial charge in [-0.1, -0.05) is 43.4 Å². The fraction of sp³-hybridized carbons (Fsp3) is 0.714. The summed E-state index contributed by atoms with van der Waals surface area (Å²) in [5.74, 6) is -0.199. The van der Waals surface area contributed by atoms with E-state index in [2.05, 4.69) is 15.5 Å². The van der Waals surface area contributed by atoms with Gasteiger partial charge in [0.25, 0.3) is 0 Å². The third kappa shape index (κ3) is 5.79. The summed E-state index contributed by atoms with van der Waals surface area (Å²) >= 11 is 1.25. The van der Waals surface area contributed by atoms with Gasteiger partial charge in [-0.3, -0.25) is 9.59 Å². The van der Waals surface area contributed by atoms with Crippen LogP contribution in [0.5, 0.6) is 0 Å². The molecule has 0 spiro atoms. The number of carboxylic acid groups (broad SMARTS) is 1. The molecule has 1 aromatic heterocycles. The highest BCUT2D eigenvalue weighted by Gasteiger charge is 2.15. The van der Waals surface area contributed by atoms with Crippen LogP contribution in [0.4, 0.5) is 5.13 Å². The minimum Gasteiger partial charge on any atom is -0.481 e. The Morgan fingerprint density at radius 3 is 2.67 bits per heavy atom. The number of aliphatic carboxylic acids is 1. The zero-order valence-electron chi connectivity index (χ0n) is 12.0. The van der Waals surface area contributed by atoms with Crippen LogP contribution in [0.3, 0.4) is 0 Å². The van der Waals surface area contributed by atoms with Gasteiger partial charge < -0.3 is 10.4 Å². The van der Waals surface area contributed by atoms with E-state index in [0.29, 0.717) is 28.9 Å². The van der Waals surface area contributed by atoms with E-state index in [0.717, 1.165) is 6.42 Å². The van der Waals surface area contributed by atoms with Crippen molar-refractivity contribution in [3.8, 4) is 0 Å². The van der Waals surface area contributed by atoms with Crippen LogP contribution in [0.25, 0.3) is 0 Å². The van der Waals surface area contributed by atoms with E-state index < -0.39 is 5.97 Å². The van der Waals surface area contributed by atoms with Gasteiger partial charge in [0.2, 0.25) is 11.0 Å². The smallest absolute Gasteiger partial charge is 0.303 e. The zero-order valence-corrected chi connectivity index (χ0v) is 12.8. The lowest BCUT2D eigenvalue weighted by Gasteiger charge is -2.20. The first-order valence-corrected chi connectivity index (χ1v) is 8.29. The van der Waals surface area contributed by atoms with Gasteiger partial charge in [-0.15, -0.1) is 10.2 Å². The molecule has 1 aliphatic rings. The number of carboxylic acids is 1. The van der Waals surface area contributed by atoms with Crippen LogP contribution in [0.15, 0.2) is 0 Å². The van der Waals surface area contributed by atoms with Crippen LogP contribution in [-0.2, 0) is 16.0 Å². The first kappa shape index (κ1) is 15.9. The quantitative estimate of drug-likeness (QED) is 0.807. The van der Waals surface area contributed by atoms with Gasteiger partial charge in [-0.25, -0.2) is 0 Å². The molecular formula is C14H21N3O3S. The highest BCUT2D eigenvalue weighted by molar-refractivity contribution is 7.15. The van der Waals surface area contributed by atoms with E-state index >= 15 is 0 Å². The van der Waals surface area contributed by atoms with E-state index in [1.165, 1.54) is 43.4 Å². The molecule has 0 bridgehead atoms. The standard InChI is InChI=1S/C14H21N3O3S/c18-11(7-6-10-4-2-1-3-5-10)15-14-17-16-12(21-14)8-9-13(19)20/h10H,1-9H2,(H,19,20)(H,15,17,18). The van der Waals surface area contributed by atoms with Gasteiger partial charge in [0.15, 0.2) is 0 Å². The molecule has 7 heteroatoms. The summed E-state index contributed by atoms with van der Waals surface area (Å²) in [6.45, 7) is 0. The number of aryl methyl sites for hydroxylation is 1. The molecule has 0 atom stereocenters. The molecule has 1 amide bonds. The van der Waals surface area contributed by atoms with Crippen molar-refractivity contribution in [1.82, 2.24) is 10.2 Å². The average molecular weight is 311 g/mol. The second kappa shape index (κ2) is 8.07. The monoisotopic (exact) mass is 311 g/mol. The fourth-order valence-electron chi connectivity index (χ4n) is 2.61. The summed E-state index contributed by atoms with van der Waals surface area (Å²) in [7, 11) is 0. The third-order valence-electron chi connectivity index (χ3n) is 3.77. The molecule has 0 unspecified atom stereocenters. The van der Waals surface area contributed by atoms with Gasteiger partial charge in [-0.2, -0.15) is 0 Å². The van der Waals surface area contributed by atoms with Crippen LogP contribution >= 0.6 is 11.3 Å². The van der Waals surface area contributed by atoms with Crippen LogP contribution in [0.2, 0.25) is 0 Å². The molecule has 0 saturated heterocycles. The molecule has 1 heterocycles. The molecule has 2 N–H and O–H groups in total. The first-order chi connectivity index (χ1) is 10.1. The second-order valence-corrected chi connectivity index (χ2v) is 6.55. The molecule has 1 aliphatic carbocycles. The molecule has 1 saturated carbocycles. The Balaban J connectivity index is 1.70. The van der Waals surface area contributed by atoms with Crippen molar-refractivity contribution in [2.45, 2.75) is 57.8 Å². The fourth-order valence-corrected chi connectivity index (χ4v) is 3.37. The summed E-state index contributed by atoms with van der Waals surface area (Å²) in [6, 6.07) is 0. The number of anilines is 1. The van der Waals surface area contributed by atoms with Crippen LogP contribution in [0.1, 0.15) is 56.4 Å². The Labute approximate surface area is 128 Å². The molecular weight excluding hydrogens is 290 g/mol. The van der Waals surface area contributed by atoms with Crippen LogP contribution < -0.4 is 5.32 Å². The first-order valence-electron chi connectivity index (χ1n) is 7.47. The van der Waals surface area contributed by atoms with Crippen molar-refractivity contribution < 1.29 is 14.7 Å². The Morgan fingerprint density at radius 2 is 1.95 bits per heavy atom. The second-order valence-electron chi connectivity index (χ2n) is 5.49. The molecule has 0 aromatic carbocycles. The predicted molar refractivity (Wildman–Crippen MR) is 80.3 cm³/mol. The number of rotatable bonds is 7. The average Bonchev–Trinajstić information content (AvgIpc) is 2.91. The minimum absolute atomic E-state index is 0.0264. The third-order valence-corrected chi connectivity index (χ3v) is 4.67. The van der Waals surface area contributed by atoms with E-state index in [1.807, 2.05) is 0 Å². The molecule has 1 fully saturated rings. The number of nitrogens with one attached hydrogen (secondary N) is 1. The summed E-state index contributed by atoms with van der Waals surface area (Å²) in [4.78, 5) is 22.3. The maximum Gasteiger partial charge on any atom is 0.303 e. The molecule has 1 aromatic rings. The maximum atomic E-state index is 11.9. The molecule has 2 rings (SSSR count). The minimum atomic E-state index is -0.858. The molecule has 21 heavy (non-hydrogen) atoms. The number of carbonyl (C=O) groups is 2. The highest BCUT2D eigenvalue weighted by atomic mass is 32.1. The van der Waals surface area contributed by atoms with Crippen molar-refractivity contribution in [2.24, 2.45) is 5.92 Å². The molecule has 0 aliphatic heterocycles. The molecule has 6 nitrogen and oxygen atoms in total. The van der Waals surface area contributed by atoms with Crippen molar-refractivity contribution in [3.63, 3.8) is 0 Å². The summed E-state index contributed by atoms with van der Waals surface area (Å²) in [6.07, 6.45) is 8.23. The number of aromatic nitrogens is 2. The Morgan fingerprint density at radius 1 is 1.19 bits per heavy atom. The summed E-state index contributed by atoms with van der Waals surface area (Å²) in [5, 5.41) is 20.2. The van der Waals surface area contributed by atoms with Gasteiger partial charge >= 0.3 is 5.97 Å². The largest absolute Gasteiger partial charge is 0.481 e. The summed E-state index contributed by atoms with van der Waals surface area (Å²) < 4.78 is 0. The Kier molecular flexibility index (Phi) is 6.10. The van der Waals surface area contributed by atoms with Crippen molar-refractivity contribution in [1.29, 1.82) is 0 Å². The highest BCUT2D eigenvalue weighted by Crippen LogP contribution is 2.27. The van der Waals surface area contributed by atoms with Gasteiger partial charge in [-0.05, 0) is 12.3 Å². The predicted octanol–water partition coefficient (Wildman–Crippen LogP) is 2.85. The van der Waals surface area contributed by atoms with E-state index in [4.69, 9.17) is 5.11 Å². The molecule has 116 valence electrons. The Hall–Kier alpha value is -1.50. The van der Waals surface area contributed by atoms with Gasteiger partial charge in [0.05, 0.1) is 6.42 Å². The molecule has 0 radical (unpaired) electrons. The number of hydrogen-bond acceptors (Lipinski definition) is 5. The lowest BCUT2D eigenvalue weighted by molar-refractivity contribution is -0.137. The maximum absolute atomic E-state index is 11.9. The van der Waals surface area contributed by atoms with Crippen LogP contribution in [0, 0.1) is 5.92 Å². The number of amides is 1. The zero-order chi connectivity index (χ0) is 15.1. The van der Waals surface area contributed by atoms with Crippen molar-refractivity contribution >= 4 is 28.3 Å². The van der Waals surface area contributed by atoms with E-state index in [9.17, 15) is 9.59 Å². The van der Waals surface area contributed by atoms with Crippen molar-refractivity contribution in [3.05, 3.63) is 5.01 Å². The van der Waals surface area contributed by atoms with E-state index in [1.54, 1.807) is 0 Å². The number of carbonyl (C=O) groups excluding carboxylic acids is 1. The Bertz CT molecular complexity index is 484. The van der Waals surface area contributed by atoms with Gasteiger partial charge in [0.1, 0.15) is 5.01 Å². The normalized spacial score (nSPS) is 15.8.